The van der Waals surface area contributed by atoms with E-state index >= 15 is 0 Å². The van der Waals surface area contributed by atoms with Gasteiger partial charge in [0.15, 0.2) is 6.61 Å². The van der Waals surface area contributed by atoms with Crippen LogP contribution < -0.4 is 10.2 Å². The van der Waals surface area contributed by atoms with Crippen molar-refractivity contribution in [2.45, 2.75) is 13.8 Å². The van der Waals surface area contributed by atoms with E-state index in [1.54, 1.807) is 11.3 Å². The maximum Gasteiger partial charge on any atom is 0.277 e. The molecule has 2 aromatic rings. The topological polar surface area (TPSA) is 50.7 Å². The molecule has 0 aliphatic heterocycles. The van der Waals surface area contributed by atoms with Crippen molar-refractivity contribution in [3.63, 3.8) is 0 Å². The molecule has 1 aromatic carbocycles. The number of nitrogens with zero attached hydrogens (tertiary/aromatic N) is 1. The molecule has 0 radical (unpaired) electrons. The van der Waals surface area contributed by atoms with Gasteiger partial charge in [-0.2, -0.15) is 5.10 Å². The summed E-state index contributed by atoms with van der Waals surface area (Å²) < 4.78 is 7.31. The molecule has 1 amide bonds. The average Bonchev–Trinajstić information content (AvgIpc) is 2.97. The quantitative estimate of drug-likeness (QED) is 0.544. The lowest BCUT2D eigenvalue weighted by atomic mass is 10.2. The maximum absolute atomic E-state index is 11.8. The van der Waals surface area contributed by atoms with E-state index in [1.807, 2.05) is 43.5 Å². The number of carbonyl (C=O) groups is 1. The molecule has 0 saturated carbocycles. The lowest BCUT2D eigenvalue weighted by molar-refractivity contribution is -0.123. The van der Waals surface area contributed by atoms with Crippen molar-refractivity contribution >= 4 is 54.8 Å². The molecule has 0 aliphatic carbocycles. The SMILES string of the molecule is C/C(=N\NC(=O)COc1c(C)cc(Br)cc1Br)c1cccs1. The van der Waals surface area contributed by atoms with Crippen molar-refractivity contribution in [3.05, 3.63) is 49.0 Å². The van der Waals surface area contributed by atoms with Gasteiger partial charge in [-0.1, -0.05) is 22.0 Å². The molecule has 0 bridgehead atoms. The lowest BCUT2D eigenvalue weighted by Gasteiger charge is -2.11. The number of benzene rings is 1. The number of thiophene rings is 1. The van der Waals surface area contributed by atoms with Crippen LogP contribution in [0.5, 0.6) is 5.75 Å². The molecule has 0 unspecified atom stereocenters. The summed E-state index contributed by atoms with van der Waals surface area (Å²) in [5, 5.41) is 6.03. The van der Waals surface area contributed by atoms with Crippen LogP contribution in [0.4, 0.5) is 0 Å². The van der Waals surface area contributed by atoms with Gasteiger partial charge in [0.25, 0.3) is 5.91 Å². The second kappa shape index (κ2) is 7.89. The van der Waals surface area contributed by atoms with Crippen LogP contribution in [-0.4, -0.2) is 18.2 Å². The Hall–Kier alpha value is -1.18. The number of amides is 1. The monoisotopic (exact) mass is 444 g/mol. The van der Waals surface area contributed by atoms with Gasteiger partial charge >= 0.3 is 0 Å². The van der Waals surface area contributed by atoms with Crippen LogP contribution in [0.15, 0.2) is 43.7 Å². The highest BCUT2D eigenvalue weighted by Gasteiger charge is 2.09. The van der Waals surface area contributed by atoms with Gasteiger partial charge in [-0.3, -0.25) is 4.79 Å². The predicted octanol–water partition coefficient (Wildman–Crippen LogP) is 4.50. The van der Waals surface area contributed by atoms with Crippen LogP contribution in [0.2, 0.25) is 0 Å². The lowest BCUT2D eigenvalue weighted by Crippen LogP contribution is -2.25. The highest BCUT2D eigenvalue weighted by molar-refractivity contribution is 9.11. The summed E-state index contributed by atoms with van der Waals surface area (Å²) in [5.41, 5.74) is 4.20. The van der Waals surface area contributed by atoms with Crippen molar-refractivity contribution < 1.29 is 9.53 Å². The van der Waals surface area contributed by atoms with E-state index in [-0.39, 0.29) is 12.5 Å². The first kappa shape index (κ1) is 17.2. The Labute approximate surface area is 149 Å². The molecule has 1 N–H and O–H groups in total. The number of nitrogens with one attached hydrogen (secondary N) is 1. The first-order valence-electron chi connectivity index (χ1n) is 6.43. The summed E-state index contributed by atoms with van der Waals surface area (Å²) in [5.74, 6) is 0.349. The molecule has 0 saturated heterocycles. The number of rotatable bonds is 5. The summed E-state index contributed by atoms with van der Waals surface area (Å²) in [7, 11) is 0. The Balaban J connectivity index is 1.92. The number of aryl methyl sites for hydroxylation is 1. The van der Waals surface area contributed by atoms with Gasteiger partial charge in [0.05, 0.1) is 10.2 Å². The number of carbonyl (C=O) groups excluding carboxylic acids is 1. The smallest absolute Gasteiger partial charge is 0.277 e. The van der Waals surface area contributed by atoms with Crippen molar-refractivity contribution in [3.8, 4) is 5.75 Å². The molecule has 2 rings (SSSR count). The summed E-state index contributed by atoms with van der Waals surface area (Å²) in [6.07, 6.45) is 0. The maximum atomic E-state index is 11.8. The van der Waals surface area contributed by atoms with Gasteiger partial charge in [0, 0.05) is 9.35 Å². The third-order valence-electron chi connectivity index (χ3n) is 2.77. The van der Waals surface area contributed by atoms with E-state index in [4.69, 9.17) is 4.74 Å². The average molecular weight is 446 g/mol. The van der Waals surface area contributed by atoms with E-state index in [0.717, 1.165) is 25.1 Å². The first-order chi connectivity index (χ1) is 10.5. The van der Waals surface area contributed by atoms with Gasteiger partial charge in [-0.25, -0.2) is 5.43 Å². The fraction of sp³-hybridized carbons (Fsp3) is 0.200. The van der Waals surface area contributed by atoms with Gasteiger partial charge in [0.1, 0.15) is 5.75 Å². The van der Waals surface area contributed by atoms with Crippen LogP contribution in [0.25, 0.3) is 0 Å². The second-order valence-corrected chi connectivity index (χ2v) is 7.25. The summed E-state index contributed by atoms with van der Waals surface area (Å²) in [4.78, 5) is 12.8. The van der Waals surface area contributed by atoms with Crippen LogP contribution in [0.1, 0.15) is 17.4 Å². The van der Waals surface area contributed by atoms with E-state index in [9.17, 15) is 4.79 Å². The van der Waals surface area contributed by atoms with Crippen LogP contribution in [-0.2, 0) is 4.79 Å². The molecule has 0 fully saturated rings. The second-order valence-electron chi connectivity index (χ2n) is 4.53. The Morgan fingerprint density at radius 1 is 1.41 bits per heavy atom. The molecule has 0 atom stereocenters. The summed E-state index contributed by atoms with van der Waals surface area (Å²) in [6.45, 7) is 3.67. The molecule has 116 valence electrons. The fourth-order valence-electron chi connectivity index (χ4n) is 1.73. The molecule has 22 heavy (non-hydrogen) atoms. The first-order valence-corrected chi connectivity index (χ1v) is 8.89. The van der Waals surface area contributed by atoms with Crippen molar-refractivity contribution in [1.29, 1.82) is 0 Å². The number of ether oxygens (including phenoxy) is 1. The van der Waals surface area contributed by atoms with E-state index in [1.165, 1.54) is 0 Å². The largest absolute Gasteiger partial charge is 0.482 e. The number of halogens is 2. The predicted molar refractivity (Wildman–Crippen MR) is 96.7 cm³/mol. The van der Waals surface area contributed by atoms with E-state index in [0.29, 0.717) is 5.75 Å². The highest BCUT2D eigenvalue weighted by atomic mass is 79.9. The molecule has 4 nitrogen and oxygen atoms in total. The highest BCUT2D eigenvalue weighted by Crippen LogP contribution is 2.32. The van der Waals surface area contributed by atoms with E-state index < -0.39 is 0 Å². The van der Waals surface area contributed by atoms with Gasteiger partial charge in [-0.05, 0) is 58.9 Å². The zero-order valence-corrected chi connectivity index (χ0v) is 16.0. The third kappa shape index (κ3) is 4.66. The van der Waals surface area contributed by atoms with Crippen molar-refractivity contribution in [2.24, 2.45) is 5.10 Å². The Bertz CT molecular complexity index is 677. The van der Waals surface area contributed by atoms with Crippen LogP contribution in [0.3, 0.4) is 0 Å². The Kier molecular flexibility index (Phi) is 6.16. The normalized spacial score (nSPS) is 11.4. The minimum Gasteiger partial charge on any atom is -0.482 e. The summed E-state index contributed by atoms with van der Waals surface area (Å²) >= 11 is 8.40. The zero-order chi connectivity index (χ0) is 16.1. The molecule has 0 aliphatic rings. The van der Waals surface area contributed by atoms with Crippen LogP contribution >= 0.6 is 43.2 Å². The standard InChI is InChI=1S/C15H14Br2N2O2S/c1-9-6-11(16)7-12(17)15(9)21-8-14(20)19-18-10(2)13-4-3-5-22-13/h3-7H,8H2,1-2H3,(H,19,20)/b18-10+. The Morgan fingerprint density at radius 2 is 2.18 bits per heavy atom. The minimum atomic E-state index is -0.301. The molecule has 7 heteroatoms. The number of hydrogen-bond donors (Lipinski definition) is 1. The molecular formula is C15H14Br2N2O2S. The third-order valence-corrected chi connectivity index (χ3v) is 4.79. The van der Waals surface area contributed by atoms with E-state index in [2.05, 4.69) is 42.4 Å². The van der Waals surface area contributed by atoms with Gasteiger partial charge < -0.3 is 4.74 Å². The van der Waals surface area contributed by atoms with Crippen LogP contribution in [0, 0.1) is 6.92 Å². The minimum absolute atomic E-state index is 0.0949. The summed E-state index contributed by atoms with van der Waals surface area (Å²) in [6, 6.07) is 7.70. The molecular weight excluding hydrogens is 432 g/mol. The zero-order valence-electron chi connectivity index (χ0n) is 12.0. The molecule has 1 aromatic heterocycles. The van der Waals surface area contributed by atoms with Crippen molar-refractivity contribution in [1.82, 2.24) is 5.43 Å². The van der Waals surface area contributed by atoms with Gasteiger partial charge in [0.2, 0.25) is 0 Å². The fourth-order valence-corrected chi connectivity index (χ4v) is 3.96. The Morgan fingerprint density at radius 3 is 2.82 bits per heavy atom. The van der Waals surface area contributed by atoms with Gasteiger partial charge in [-0.15, -0.1) is 11.3 Å². The number of hydrogen-bond acceptors (Lipinski definition) is 4. The number of hydrazone groups is 1. The molecule has 1 heterocycles. The van der Waals surface area contributed by atoms with Crippen molar-refractivity contribution in [2.75, 3.05) is 6.61 Å². The molecule has 0 spiro atoms.